The second-order valence-corrected chi connectivity index (χ2v) is 36.6. The Hall–Kier alpha value is 2.00. The maximum Gasteiger partial charge on any atom is 2.00 e. The molecule has 9 radical (unpaired) electrons. The van der Waals surface area contributed by atoms with E-state index in [1.807, 2.05) is 20.3 Å². The van der Waals surface area contributed by atoms with Crippen LogP contribution < -0.4 is 0 Å². The fourth-order valence-electron chi connectivity index (χ4n) is 8.05. The number of ketones is 1. The number of Topliss-reactive ketones (excluding diaryl/α,β-unsaturated/α-hetero) is 1. The van der Waals surface area contributed by atoms with Gasteiger partial charge in [-0.25, -0.2) is 0 Å². The Morgan fingerprint density at radius 3 is 1.29 bits per heavy atom. The third kappa shape index (κ3) is 23.2. The maximum atomic E-state index is 12.2. The van der Waals surface area contributed by atoms with E-state index in [-0.39, 0.29) is 91.2 Å². The van der Waals surface area contributed by atoms with Gasteiger partial charge in [-0.1, -0.05) is 163 Å². The van der Waals surface area contributed by atoms with Gasteiger partial charge in [-0.15, -0.1) is 6.10 Å². The van der Waals surface area contributed by atoms with Gasteiger partial charge in [0.05, 0.1) is 0 Å². The van der Waals surface area contributed by atoms with Crippen LogP contribution in [-0.2, 0) is 86.4 Å². The number of rotatable bonds is 19. The van der Waals surface area contributed by atoms with Crippen LogP contribution in [0.5, 0.6) is 0 Å². The predicted molar refractivity (Wildman–Crippen MR) is 269 cm³/mol. The zero-order valence-electron chi connectivity index (χ0n) is 43.8. The molecule has 0 spiro atoms. The minimum Gasteiger partial charge on any atom is -0.428 e. The van der Waals surface area contributed by atoms with E-state index in [2.05, 4.69) is 117 Å². The molecule has 2 aliphatic rings. The first kappa shape index (κ1) is 75.9. The van der Waals surface area contributed by atoms with Crippen LogP contribution in [-0.4, -0.2) is 124 Å². The Bertz CT molecular complexity index is 1140. The van der Waals surface area contributed by atoms with Crippen molar-refractivity contribution in [1.82, 2.24) is 0 Å². The summed E-state index contributed by atoms with van der Waals surface area (Å²) in [5.41, 5.74) is 2.50. The predicted octanol–water partition coefficient (Wildman–Crippen LogP) is 9.59. The van der Waals surface area contributed by atoms with Crippen LogP contribution in [0.15, 0.2) is 0 Å². The maximum absolute atomic E-state index is 12.2. The molecule has 371 valence electrons. The fraction of sp³-hybridized carbons (Fsp3) is 0.844. The summed E-state index contributed by atoms with van der Waals surface area (Å²) in [5.74, 6) is -0.254. The number of aliphatic hydroxyl groups excluding tert-OH is 3. The van der Waals surface area contributed by atoms with Crippen LogP contribution in [0.1, 0.15) is 150 Å². The van der Waals surface area contributed by atoms with Gasteiger partial charge in [0.1, 0.15) is 0 Å². The second-order valence-electron chi connectivity index (χ2n) is 18.9. The largest absolute Gasteiger partial charge is 2.00 e. The Kier molecular flexibility index (Phi) is 45.1. The van der Waals surface area contributed by atoms with Crippen LogP contribution in [0.4, 0.5) is 0 Å². The summed E-state index contributed by atoms with van der Waals surface area (Å²) >= 11 is 0. The normalized spacial score (nSPS) is 21.1. The third-order valence-corrected chi connectivity index (χ3v) is 32.2. The van der Waals surface area contributed by atoms with Gasteiger partial charge in [0.25, 0.3) is 0 Å². The van der Waals surface area contributed by atoms with Crippen LogP contribution >= 0.6 is 0 Å². The van der Waals surface area contributed by atoms with Gasteiger partial charge in [0.15, 0.2) is 0 Å². The molecular weight excluding hydrogens is 998 g/mol. The summed E-state index contributed by atoms with van der Waals surface area (Å²) in [5, 5.41) is 25.7. The molecule has 10 nitrogen and oxygen atoms in total. The summed E-state index contributed by atoms with van der Waals surface area (Å²) in [6.45, 7) is 40.2. The van der Waals surface area contributed by atoms with Crippen molar-refractivity contribution in [3.8, 4) is 0 Å². The molecular formula is C45H91B3O10Si4V3. The summed E-state index contributed by atoms with van der Waals surface area (Å²) in [6, 6.07) is 0. The fourth-order valence-corrected chi connectivity index (χ4v) is 30.2. The van der Waals surface area contributed by atoms with E-state index < -0.39 is 46.5 Å². The number of hydrogen-bond acceptors (Lipinski definition) is 10. The second kappa shape index (κ2) is 38.6. The first-order chi connectivity index (χ1) is 28.8. The van der Waals surface area contributed by atoms with Crippen LogP contribution in [0.2, 0.25) is 44.3 Å². The molecule has 4 atom stereocenters. The number of aliphatic hydroxyl groups is 3. The molecule has 0 aromatic rings. The average molecular weight is 1090 g/mol. The molecule has 0 bridgehead atoms. The molecule has 2 saturated heterocycles. The van der Waals surface area contributed by atoms with E-state index in [1.54, 1.807) is 6.32 Å². The zero-order chi connectivity index (χ0) is 48.6. The van der Waals surface area contributed by atoms with E-state index in [0.29, 0.717) is 59.5 Å². The van der Waals surface area contributed by atoms with Crippen molar-refractivity contribution < 1.29 is 102 Å². The van der Waals surface area contributed by atoms with Crippen molar-refractivity contribution in [2.24, 2.45) is 5.92 Å². The number of carbonyl (C=O) groups excluding carboxylic acids is 1. The third-order valence-electron chi connectivity index (χ3n) is 11.7. The topological polar surface area (TPSA) is 133 Å². The quantitative estimate of drug-likeness (QED) is 0.0849. The molecule has 0 aromatic heterocycles. The number of hydrogen-bond donors (Lipinski definition) is 3. The summed E-state index contributed by atoms with van der Waals surface area (Å²) in [6.07, 6.45) is 11.8. The van der Waals surface area contributed by atoms with Crippen LogP contribution in [0.3, 0.4) is 0 Å². The first-order valence-corrected chi connectivity index (χ1v) is 31.3. The van der Waals surface area contributed by atoms with E-state index in [0.717, 1.165) is 25.6 Å². The molecule has 3 N–H and O–H groups in total. The van der Waals surface area contributed by atoms with E-state index >= 15 is 0 Å². The van der Waals surface area contributed by atoms with Crippen molar-refractivity contribution >= 4 is 63.6 Å². The van der Waals surface area contributed by atoms with Gasteiger partial charge in [0, 0.05) is 6.61 Å². The SMILES string of the molecule is CCCO.[B][CH-]C(=O)[C@@H]1[CH-]CO[Si](C(C)C)(C(C)C)O[Si](C(C)C)(C(C)C)O1.[B][CH-]C(CCC)[C@@H](O)[CH-]CO.[B][CH-]C[C@H]1[CH-]CO[Si](C(C)C)(C(C)C)O[Si](C(C)C)(C(C)C)O1.[V+2].[V+2].[V+2]. The monoisotopic (exact) mass is 1090 g/mol. The Morgan fingerprint density at radius 1 is 0.631 bits per heavy atom. The molecule has 0 amide bonds. The standard InChI is InChI=1S/C17H33BO4Si2.C17H35BO3Si2.C8H15BO2.C3H8O.3V/c1-12(2)23(13(3)4)20-10-9-17(16(19)11-18)21-24(22-23,14(5)6)15(7)8;1-13(2)22(14(3)4)19-12-10-17(9-11-18)20-23(21-22,15(5)6)16(7)8;1-2-3-7(6-9)8(11)4-5-10;1-2-3-4;;;/h9,11-15,17H,10H2,1-8H3;10-11,13-17H,9,12H2,1-8H3;4,6-8,10-11H,2-3,5H2,1H3;4H,2-3H2,1H3;;;/q3*-2;;3*+2/t2*17-;7?,8-;;;;/m000..../s1. The van der Waals surface area contributed by atoms with Gasteiger partial charge in [-0.05, 0) is 62.6 Å². The van der Waals surface area contributed by atoms with E-state index in [1.165, 1.54) is 12.7 Å². The van der Waals surface area contributed by atoms with E-state index in [9.17, 15) is 9.90 Å². The molecule has 2 heterocycles. The Labute approximate surface area is 445 Å². The molecule has 0 aliphatic carbocycles. The van der Waals surface area contributed by atoms with Crippen molar-refractivity contribution in [2.45, 2.75) is 213 Å². The molecule has 65 heavy (non-hydrogen) atoms. The summed E-state index contributed by atoms with van der Waals surface area (Å²) in [4.78, 5) is 12.2. The van der Waals surface area contributed by atoms with Gasteiger partial charge in [-0.3, -0.25) is 19.3 Å². The molecule has 0 aromatic carbocycles. The summed E-state index contributed by atoms with van der Waals surface area (Å²) in [7, 11) is 6.37. The van der Waals surface area contributed by atoms with Crippen LogP contribution in [0.25, 0.3) is 0 Å². The summed E-state index contributed by atoms with van der Waals surface area (Å²) < 4.78 is 40.0. The Balaban J connectivity index is -0.000000273. The molecule has 2 aliphatic heterocycles. The Morgan fingerprint density at radius 2 is 1.00 bits per heavy atom. The van der Waals surface area contributed by atoms with Crippen molar-refractivity contribution in [1.29, 1.82) is 0 Å². The van der Waals surface area contributed by atoms with Gasteiger partial charge in [-0.2, -0.15) is 35.9 Å². The molecule has 2 fully saturated rings. The average Bonchev–Trinajstić information content (AvgIpc) is 3.17. The van der Waals surface area contributed by atoms with Crippen LogP contribution in [0, 0.1) is 44.1 Å². The molecule has 1 unspecified atom stereocenters. The van der Waals surface area contributed by atoms with Gasteiger partial charge >= 0.3 is 89.9 Å². The molecule has 0 saturated carbocycles. The first-order valence-electron chi connectivity index (χ1n) is 23.4. The molecule has 2 rings (SSSR count). The van der Waals surface area contributed by atoms with Crippen molar-refractivity contribution in [3.05, 3.63) is 38.2 Å². The van der Waals surface area contributed by atoms with Crippen molar-refractivity contribution in [2.75, 3.05) is 26.4 Å². The number of carbonyl (C=O) groups is 1. The minimum atomic E-state index is -2.71. The smallest absolute Gasteiger partial charge is 0.428 e. The van der Waals surface area contributed by atoms with Gasteiger partial charge in [0.2, 0.25) is 0 Å². The minimum absolute atomic E-state index is 0. The van der Waals surface area contributed by atoms with E-state index in [4.69, 9.17) is 59.7 Å². The zero-order valence-corrected chi connectivity index (χ0v) is 52.0. The van der Waals surface area contributed by atoms with Crippen molar-refractivity contribution in [3.63, 3.8) is 0 Å². The molecule has 20 heteroatoms. The van der Waals surface area contributed by atoms with Gasteiger partial charge < -0.3 is 65.0 Å².